The first-order valence-corrected chi connectivity index (χ1v) is 24.2. The number of thiazole rings is 1. The van der Waals surface area contributed by atoms with Crippen LogP contribution in [-0.2, 0) is 37.0 Å². The smallest absolute Gasteiger partial charge is 0.416 e. The van der Waals surface area contributed by atoms with E-state index in [1.54, 1.807) is 35.7 Å². The third kappa shape index (κ3) is 8.88. The van der Waals surface area contributed by atoms with Gasteiger partial charge in [0.25, 0.3) is 11.8 Å². The van der Waals surface area contributed by atoms with E-state index in [1.165, 1.54) is 35.4 Å². The number of fused-ring (bicyclic) bond motifs is 3. The van der Waals surface area contributed by atoms with E-state index in [1.807, 2.05) is 0 Å². The van der Waals surface area contributed by atoms with Gasteiger partial charge in [-0.15, -0.1) is 17.9 Å². The summed E-state index contributed by atoms with van der Waals surface area (Å²) < 4.78 is 81.5. The number of alkyl halides is 3. The molecule has 4 fully saturated rings. The van der Waals surface area contributed by atoms with E-state index in [2.05, 4.69) is 26.6 Å². The normalized spacial score (nSPS) is 23.0. The lowest BCUT2D eigenvalue weighted by Crippen LogP contribution is -2.48. The molecule has 0 unspecified atom stereocenters. The van der Waals surface area contributed by atoms with E-state index in [-0.39, 0.29) is 78.5 Å². The summed E-state index contributed by atoms with van der Waals surface area (Å²) in [6.07, 6.45) is 1.42. The lowest BCUT2D eigenvalue weighted by atomic mass is 9.77. The Hall–Kier alpha value is -5.69. The van der Waals surface area contributed by atoms with Gasteiger partial charge in [0.1, 0.15) is 22.9 Å². The van der Waals surface area contributed by atoms with E-state index in [0.29, 0.717) is 34.3 Å². The van der Waals surface area contributed by atoms with Gasteiger partial charge in [-0.1, -0.05) is 49.6 Å². The molecule has 5 atom stereocenters. The van der Waals surface area contributed by atoms with Crippen molar-refractivity contribution < 1.29 is 49.9 Å². The molecule has 1 aliphatic heterocycles. The van der Waals surface area contributed by atoms with Crippen molar-refractivity contribution in [3.8, 4) is 17.3 Å². The minimum Gasteiger partial charge on any atom is -0.470 e. The largest absolute Gasteiger partial charge is 0.470 e. The zero-order valence-corrected chi connectivity index (χ0v) is 37.1. The molecule has 2 aromatic carbocycles. The fourth-order valence-corrected chi connectivity index (χ4v) is 11.7. The van der Waals surface area contributed by atoms with Crippen LogP contribution in [-0.4, -0.2) is 82.8 Å². The summed E-state index contributed by atoms with van der Waals surface area (Å²) in [5.74, 6) is -3.03. The number of carbonyl (C=O) groups is 4. The maximum Gasteiger partial charge on any atom is 0.416 e. The number of benzene rings is 2. The Morgan fingerprint density at radius 1 is 1.03 bits per heavy atom. The highest BCUT2D eigenvalue weighted by Gasteiger charge is 2.61. The second-order valence-corrected chi connectivity index (χ2v) is 20.5. The van der Waals surface area contributed by atoms with E-state index in [0.717, 1.165) is 44.2 Å². The molecule has 65 heavy (non-hydrogen) atoms. The van der Waals surface area contributed by atoms with Crippen LogP contribution in [0.15, 0.2) is 71.0 Å². The van der Waals surface area contributed by atoms with E-state index >= 15 is 4.79 Å². The van der Waals surface area contributed by atoms with Crippen LogP contribution < -0.4 is 14.8 Å². The number of sulfonamides is 1. The van der Waals surface area contributed by atoms with Crippen molar-refractivity contribution in [2.24, 2.45) is 23.2 Å². The predicted octanol–water partition coefficient (Wildman–Crippen LogP) is 7.43. The van der Waals surface area contributed by atoms with Gasteiger partial charge < -0.3 is 19.4 Å². The Morgan fingerprint density at radius 3 is 2.45 bits per heavy atom. The number of ether oxygens (including phenoxy) is 1. The van der Waals surface area contributed by atoms with E-state index in [4.69, 9.17) is 14.1 Å². The first kappa shape index (κ1) is 44.5. The lowest BCUT2D eigenvalue weighted by Gasteiger charge is -2.34. The highest BCUT2D eigenvalue weighted by molar-refractivity contribution is 7.90. The molecule has 14 nitrogen and oxygen atoms in total. The molecule has 0 spiro atoms. The molecule has 342 valence electrons. The summed E-state index contributed by atoms with van der Waals surface area (Å²) in [4.78, 5) is 71.8. The van der Waals surface area contributed by atoms with Crippen molar-refractivity contribution in [3.63, 3.8) is 0 Å². The average Bonchev–Trinajstić information content (AvgIpc) is 4.13. The van der Waals surface area contributed by atoms with Crippen molar-refractivity contribution in [2.75, 3.05) is 13.6 Å². The summed E-state index contributed by atoms with van der Waals surface area (Å²) in [5.41, 5.74) is -0.765. The quantitative estimate of drug-likeness (QED) is 0.0994. The fraction of sp³-hybridized carbons (Fsp3) is 0.457. The number of nitrogens with one attached hydrogen (secondary N) is 2. The molecular weight excluding hydrogens is 886 g/mol. The third-order valence-electron chi connectivity index (χ3n) is 13.4. The summed E-state index contributed by atoms with van der Waals surface area (Å²) in [5, 5.41) is 4.74. The zero-order chi connectivity index (χ0) is 45.8. The molecule has 5 aromatic rings. The molecule has 19 heteroatoms. The van der Waals surface area contributed by atoms with Gasteiger partial charge in [0.05, 0.1) is 33.8 Å². The number of likely N-dealkylation sites (tertiary alicyclic amines) is 1. The number of aromatic nitrogens is 3. The topological polar surface area (TPSA) is 191 Å². The van der Waals surface area contributed by atoms with Crippen molar-refractivity contribution in [1.82, 2.24) is 29.9 Å². The second kappa shape index (κ2) is 17.3. The minimum atomic E-state index is -4.56. The van der Waals surface area contributed by atoms with Gasteiger partial charge in [0, 0.05) is 48.6 Å². The van der Waals surface area contributed by atoms with Crippen LogP contribution in [0.25, 0.3) is 33.5 Å². The number of amides is 3. The van der Waals surface area contributed by atoms with Gasteiger partial charge in [-0.2, -0.15) is 18.2 Å². The molecule has 0 bridgehead atoms. The zero-order valence-electron chi connectivity index (χ0n) is 35.4. The molecule has 3 aliphatic carbocycles. The molecule has 0 radical (unpaired) electrons. The monoisotopic (exact) mass is 932 g/mol. The Kier molecular flexibility index (Phi) is 11.8. The molecule has 4 aliphatic rings. The Morgan fingerprint density at radius 2 is 1.77 bits per heavy atom. The fourth-order valence-electron chi connectivity index (χ4n) is 9.51. The number of nitrogens with zero attached hydrogens (tertiary/aromatic N) is 4. The van der Waals surface area contributed by atoms with Gasteiger partial charge in [-0.25, -0.2) is 18.4 Å². The SMILES string of the molecule is C=C[C@@H]1C[C@]1(CC(=O)[C@@H]1C[C@@H](Oc2nc(-c3ccc(C(F)(F)F)cc3)nc3c2oc2ccccc23)CN1C(=O)[C@@H](Cc1nc(C(=O)NC)cs1)C1CCCCC1)C(=O)NS(=O)(=O)C1CC1. The number of hydrogen-bond acceptors (Lipinski definition) is 12. The Balaban J connectivity index is 1.07. The van der Waals surface area contributed by atoms with Crippen LogP contribution in [0.2, 0.25) is 0 Å². The van der Waals surface area contributed by atoms with Crippen molar-refractivity contribution in [3.05, 3.63) is 82.8 Å². The standard InChI is InChI=1S/C46H47F3N6O8S2/c1-3-27-21-45(27,44(59)54-65(60,61)30-17-18-30)22-35(56)34-19-29(23-55(34)43(58)32(25-9-5-4-6-10-25)20-37-51-33(24-64-37)41(57)50-2)62-42-39-38(31-11-7-8-12-36(31)63-39)52-40(53-42)26-13-15-28(16-14-26)46(47,48)49/h3,7-8,11-16,24-25,27,29-30,32,34H,1,4-6,9-10,17-23H2,2H3,(H,50,57)(H,54,59)/t27-,29-,32+,34+,45-/m1/s1. The van der Waals surface area contributed by atoms with E-state index in [9.17, 15) is 36.0 Å². The number of rotatable bonds is 15. The molecular formula is C46H47F3N6O8S2. The molecule has 3 aromatic heterocycles. The van der Waals surface area contributed by atoms with Crippen LogP contribution in [0.3, 0.4) is 0 Å². The number of para-hydroxylation sites is 1. The minimum absolute atomic E-state index is 0.0296. The van der Waals surface area contributed by atoms with Crippen LogP contribution in [0.5, 0.6) is 5.88 Å². The number of allylic oxidation sites excluding steroid dienone is 1. The third-order valence-corrected chi connectivity index (χ3v) is 16.0. The number of ketones is 1. The van der Waals surface area contributed by atoms with Crippen LogP contribution in [0.1, 0.15) is 85.3 Å². The van der Waals surface area contributed by atoms with Crippen molar-refractivity contribution in [1.29, 1.82) is 0 Å². The molecule has 9 rings (SSSR count). The number of hydrogen-bond donors (Lipinski definition) is 2. The molecule has 3 amide bonds. The number of carbonyl (C=O) groups excluding carboxylic acids is 4. The first-order chi connectivity index (χ1) is 31.1. The van der Waals surface area contributed by atoms with Gasteiger partial charge in [-0.3, -0.25) is 23.9 Å². The van der Waals surface area contributed by atoms with Gasteiger partial charge >= 0.3 is 6.18 Å². The summed E-state index contributed by atoms with van der Waals surface area (Å²) in [6.45, 7) is 3.76. The maximum atomic E-state index is 15.2. The molecule has 2 N–H and O–H groups in total. The lowest BCUT2D eigenvalue weighted by molar-refractivity contribution is -0.143. The van der Waals surface area contributed by atoms with E-state index < -0.39 is 68.1 Å². The first-order valence-electron chi connectivity index (χ1n) is 21.8. The average molecular weight is 933 g/mol. The van der Waals surface area contributed by atoms with Crippen molar-refractivity contribution >= 4 is 66.9 Å². The molecule has 1 saturated heterocycles. The summed E-state index contributed by atoms with van der Waals surface area (Å²) in [6, 6.07) is 10.4. The van der Waals surface area contributed by atoms with Gasteiger partial charge in [-0.05, 0) is 68.2 Å². The Bertz CT molecular complexity index is 2800. The highest BCUT2D eigenvalue weighted by Crippen LogP contribution is 2.57. The number of Topliss-reactive ketones (excluding diaryl/α,β-unsaturated/α-hetero) is 1. The van der Waals surface area contributed by atoms with Gasteiger partial charge in [0.2, 0.25) is 27.4 Å². The number of furan rings is 1. The maximum absolute atomic E-state index is 15.2. The Labute approximate surface area is 376 Å². The second-order valence-electron chi connectivity index (χ2n) is 17.6. The molecule has 4 heterocycles. The van der Waals surface area contributed by atoms with Gasteiger partial charge in [0.15, 0.2) is 11.6 Å². The van der Waals surface area contributed by atoms with Crippen molar-refractivity contribution in [2.45, 2.75) is 94.2 Å². The number of halogens is 3. The van der Waals surface area contributed by atoms with Crippen LogP contribution in [0, 0.1) is 23.2 Å². The molecule has 3 saturated carbocycles. The van der Waals surface area contributed by atoms with Crippen LogP contribution in [0.4, 0.5) is 13.2 Å². The highest BCUT2D eigenvalue weighted by atomic mass is 32.2. The predicted molar refractivity (Wildman–Crippen MR) is 234 cm³/mol. The van der Waals surface area contributed by atoms with Crippen LogP contribution >= 0.6 is 11.3 Å². The summed E-state index contributed by atoms with van der Waals surface area (Å²) in [7, 11) is -2.43. The summed E-state index contributed by atoms with van der Waals surface area (Å²) >= 11 is 1.27.